The molecule has 0 spiro atoms. The van der Waals surface area contributed by atoms with E-state index < -0.39 is 0 Å². The van der Waals surface area contributed by atoms with Crippen LogP contribution < -0.4 is 10.1 Å². The number of nitrogens with zero attached hydrogens (tertiary/aromatic N) is 3. The SMILES string of the molecule is COc1ccc(CN2C(=S)N[C@@H](c3ccccn3)[C@@H]2c2cccn2C)cc1. The molecule has 2 atom stereocenters. The summed E-state index contributed by atoms with van der Waals surface area (Å²) in [6, 6.07) is 18.4. The summed E-state index contributed by atoms with van der Waals surface area (Å²) >= 11 is 5.71. The summed E-state index contributed by atoms with van der Waals surface area (Å²) in [6.07, 6.45) is 3.89. The van der Waals surface area contributed by atoms with Crippen LogP contribution in [0.3, 0.4) is 0 Å². The van der Waals surface area contributed by atoms with Crippen LogP contribution in [0, 0.1) is 0 Å². The molecule has 6 heteroatoms. The molecule has 1 aromatic carbocycles. The molecule has 5 nitrogen and oxygen atoms in total. The topological polar surface area (TPSA) is 42.3 Å². The highest BCUT2D eigenvalue weighted by Crippen LogP contribution is 2.39. The van der Waals surface area contributed by atoms with Gasteiger partial charge in [-0.25, -0.2) is 0 Å². The number of benzene rings is 1. The van der Waals surface area contributed by atoms with E-state index in [0.29, 0.717) is 0 Å². The number of hydrogen-bond donors (Lipinski definition) is 1. The largest absolute Gasteiger partial charge is 0.497 e. The maximum Gasteiger partial charge on any atom is 0.170 e. The maximum absolute atomic E-state index is 5.71. The Kier molecular flexibility index (Phi) is 4.81. The highest BCUT2D eigenvalue weighted by Gasteiger charge is 2.40. The quantitative estimate of drug-likeness (QED) is 0.687. The molecule has 3 heterocycles. The second-order valence-electron chi connectivity index (χ2n) is 6.65. The minimum absolute atomic E-state index is 0.00514. The Morgan fingerprint density at radius 1 is 1.11 bits per heavy atom. The molecule has 1 N–H and O–H groups in total. The van der Waals surface area contributed by atoms with Crippen LogP contribution in [0.1, 0.15) is 29.0 Å². The zero-order valence-corrected chi connectivity index (χ0v) is 16.2. The van der Waals surface area contributed by atoms with Crippen LogP contribution in [0.15, 0.2) is 67.0 Å². The maximum atomic E-state index is 5.71. The van der Waals surface area contributed by atoms with Gasteiger partial charge in [0.15, 0.2) is 5.11 Å². The summed E-state index contributed by atoms with van der Waals surface area (Å²) in [6.45, 7) is 0.717. The molecular formula is C21H22N4OS. The van der Waals surface area contributed by atoms with Gasteiger partial charge in [0.25, 0.3) is 0 Å². The first-order chi connectivity index (χ1) is 13.2. The van der Waals surface area contributed by atoms with E-state index >= 15 is 0 Å². The fraction of sp³-hybridized carbons (Fsp3) is 0.238. The van der Waals surface area contributed by atoms with Crippen LogP contribution in [-0.2, 0) is 13.6 Å². The summed E-state index contributed by atoms with van der Waals surface area (Å²) in [7, 11) is 3.75. The number of nitrogens with one attached hydrogen (secondary N) is 1. The van der Waals surface area contributed by atoms with Crippen molar-refractivity contribution in [3.8, 4) is 5.75 Å². The zero-order chi connectivity index (χ0) is 18.8. The first-order valence-corrected chi connectivity index (χ1v) is 9.30. The monoisotopic (exact) mass is 378 g/mol. The molecule has 1 saturated heterocycles. The van der Waals surface area contributed by atoms with Crippen LogP contribution in [0.25, 0.3) is 0 Å². The minimum Gasteiger partial charge on any atom is -0.497 e. The molecule has 1 fully saturated rings. The zero-order valence-electron chi connectivity index (χ0n) is 15.4. The van der Waals surface area contributed by atoms with Gasteiger partial charge >= 0.3 is 0 Å². The lowest BCUT2D eigenvalue weighted by molar-refractivity contribution is 0.299. The molecule has 27 heavy (non-hydrogen) atoms. The summed E-state index contributed by atoms with van der Waals surface area (Å²) in [5, 5.41) is 4.23. The molecule has 0 aliphatic carbocycles. The van der Waals surface area contributed by atoms with E-state index in [-0.39, 0.29) is 12.1 Å². The molecule has 138 valence electrons. The van der Waals surface area contributed by atoms with Crippen molar-refractivity contribution in [2.45, 2.75) is 18.6 Å². The van der Waals surface area contributed by atoms with Crippen LogP contribution >= 0.6 is 12.2 Å². The standard InChI is InChI=1S/C21H22N4OS/c1-24-13-5-7-18(24)20-19(17-6-3-4-12-22-17)23-21(27)25(20)14-15-8-10-16(26-2)11-9-15/h3-13,19-20H,14H2,1-2H3,(H,23,27)/t19-,20-/m0/s1. The van der Waals surface area contributed by atoms with Crippen molar-refractivity contribution in [3.05, 3.63) is 83.9 Å². The third kappa shape index (κ3) is 3.40. The number of hydrogen-bond acceptors (Lipinski definition) is 3. The van der Waals surface area contributed by atoms with Crippen molar-refractivity contribution in [2.24, 2.45) is 7.05 Å². The van der Waals surface area contributed by atoms with Crippen LogP contribution in [0.4, 0.5) is 0 Å². The molecule has 0 radical (unpaired) electrons. The Labute approximate surface area is 164 Å². The first kappa shape index (κ1) is 17.5. The van der Waals surface area contributed by atoms with Crippen molar-refractivity contribution in [2.75, 3.05) is 7.11 Å². The molecule has 3 aromatic rings. The molecule has 2 aromatic heterocycles. The first-order valence-electron chi connectivity index (χ1n) is 8.89. The lowest BCUT2D eigenvalue weighted by Gasteiger charge is -2.28. The lowest BCUT2D eigenvalue weighted by atomic mass is 10.0. The minimum atomic E-state index is 0.00514. The second kappa shape index (κ2) is 7.40. The van der Waals surface area contributed by atoms with Gasteiger partial charge in [0.05, 0.1) is 24.9 Å². The van der Waals surface area contributed by atoms with Gasteiger partial charge in [0.2, 0.25) is 0 Å². The fourth-order valence-electron chi connectivity index (χ4n) is 3.61. The number of aromatic nitrogens is 2. The molecule has 1 aliphatic rings. The molecular weight excluding hydrogens is 356 g/mol. The summed E-state index contributed by atoms with van der Waals surface area (Å²) in [5.41, 5.74) is 3.37. The average Bonchev–Trinajstić information content (AvgIpc) is 3.26. The Balaban J connectivity index is 1.70. The van der Waals surface area contributed by atoms with Gasteiger partial charge in [-0.2, -0.15) is 0 Å². The normalized spacial score (nSPS) is 19.2. The third-order valence-corrected chi connectivity index (χ3v) is 5.35. The van der Waals surface area contributed by atoms with Gasteiger partial charge in [-0.3, -0.25) is 4.98 Å². The number of methoxy groups -OCH3 is 1. The lowest BCUT2D eigenvalue weighted by Crippen LogP contribution is -2.29. The van der Waals surface area contributed by atoms with Crippen molar-refractivity contribution in [3.63, 3.8) is 0 Å². The fourth-order valence-corrected chi connectivity index (χ4v) is 3.91. The Morgan fingerprint density at radius 3 is 2.56 bits per heavy atom. The van der Waals surface area contributed by atoms with Gasteiger partial charge in [0.1, 0.15) is 5.75 Å². The Hall–Kier alpha value is -2.86. The van der Waals surface area contributed by atoms with Gasteiger partial charge in [-0.1, -0.05) is 18.2 Å². The van der Waals surface area contributed by atoms with E-state index in [4.69, 9.17) is 17.0 Å². The van der Waals surface area contributed by atoms with Crippen LogP contribution in [0.5, 0.6) is 5.75 Å². The van der Waals surface area contributed by atoms with E-state index in [2.05, 4.69) is 57.3 Å². The summed E-state index contributed by atoms with van der Waals surface area (Å²) in [5.74, 6) is 0.853. The van der Waals surface area contributed by atoms with Gasteiger partial charge in [-0.15, -0.1) is 0 Å². The van der Waals surface area contributed by atoms with Crippen molar-refractivity contribution >= 4 is 17.3 Å². The second-order valence-corrected chi connectivity index (χ2v) is 7.03. The van der Waals surface area contributed by atoms with E-state index in [1.807, 2.05) is 36.5 Å². The van der Waals surface area contributed by atoms with Crippen molar-refractivity contribution in [1.82, 2.24) is 19.8 Å². The predicted octanol–water partition coefficient (Wildman–Crippen LogP) is 3.60. The number of ether oxygens (including phenoxy) is 1. The Bertz CT molecular complexity index is 923. The molecule has 1 aliphatic heterocycles. The third-order valence-electron chi connectivity index (χ3n) is 5.00. The van der Waals surface area contributed by atoms with E-state index in [9.17, 15) is 0 Å². The van der Waals surface area contributed by atoms with E-state index in [1.54, 1.807) is 7.11 Å². The number of thiocarbonyl (C=S) groups is 1. The predicted molar refractivity (Wildman–Crippen MR) is 109 cm³/mol. The van der Waals surface area contributed by atoms with E-state index in [1.165, 1.54) is 11.3 Å². The highest BCUT2D eigenvalue weighted by molar-refractivity contribution is 7.80. The molecule has 0 bridgehead atoms. The van der Waals surface area contributed by atoms with Gasteiger partial charge < -0.3 is 19.5 Å². The average molecular weight is 379 g/mol. The number of aryl methyl sites for hydroxylation is 1. The van der Waals surface area contributed by atoms with Crippen molar-refractivity contribution in [1.29, 1.82) is 0 Å². The highest BCUT2D eigenvalue weighted by atomic mass is 32.1. The molecule has 0 saturated carbocycles. The van der Waals surface area contributed by atoms with Crippen LogP contribution in [-0.4, -0.2) is 26.7 Å². The number of pyridine rings is 1. The van der Waals surface area contributed by atoms with Gasteiger partial charge in [-0.05, 0) is 54.2 Å². The van der Waals surface area contributed by atoms with Gasteiger partial charge in [0, 0.05) is 31.7 Å². The Morgan fingerprint density at radius 2 is 1.93 bits per heavy atom. The smallest absolute Gasteiger partial charge is 0.170 e. The van der Waals surface area contributed by atoms with E-state index in [0.717, 1.165) is 23.1 Å². The number of rotatable bonds is 5. The van der Waals surface area contributed by atoms with Crippen LogP contribution in [0.2, 0.25) is 0 Å². The van der Waals surface area contributed by atoms with Crippen molar-refractivity contribution < 1.29 is 4.74 Å². The summed E-state index contributed by atoms with van der Waals surface area (Å²) < 4.78 is 7.42. The molecule has 0 unspecified atom stereocenters. The summed E-state index contributed by atoms with van der Waals surface area (Å²) in [4.78, 5) is 6.82. The molecule has 4 rings (SSSR count). The molecule has 0 amide bonds.